The Morgan fingerprint density at radius 3 is 1.06 bits per heavy atom. The molecule has 0 aromatic heterocycles. The van der Waals surface area contributed by atoms with E-state index in [0.29, 0.717) is 19.3 Å². The maximum Gasteiger partial charge on any atom is 0.335 e. The summed E-state index contributed by atoms with van der Waals surface area (Å²) in [7, 11) is 0. The molecule has 1 aliphatic rings. The first-order valence-electron chi connectivity index (χ1n) is 30.0. The van der Waals surface area contributed by atoms with Gasteiger partial charge < -0.3 is 39.0 Å². The van der Waals surface area contributed by atoms with Gasteiger partial charge in [0.15, 0.2) is 24.6 Å². The van der Waals surface area contributed by atoms with Crippen LogP contribution in [0.5, 0.6) is 0 Å². The first-order chi connectivity index (χ1) is 34.6. The number of carbonyl (C=O) groups excluding carboxylic acids is 3. The van der Waals surface area contributed by atoms with Gasteiger partial charge in [0.25, 0.3) is 0 Å². The summed E-state index contributed by atoms with van der Waals surface area (Å²) in [4.78, 5) is 51.0. The zero-order valence-electron chi connectivity index (χ0n) is 46.0. The number of rotatable bonds is 52. The number of esters is 3. The molecule has 0 radical (unpaired) electrons. The summed E-state index contributed by atoms with van der Waals surface area (Å²) in [5.74, 6) is -3.08. The molecule has 0 spiro atoms. The van der Waals surface area contributed by atoms with Gasteiger partial charge in [-0.15, -0.1) is 0 Å². The van der Waals surface area contributed by atoms with Crippen molar-refractivity contribution >= 4 is 23.9 Å². The molecule has 6 atom stereocenters. The van der Waals surface area contributed by atoms with Gasteiger partial charge in [-0.25, -0.2) is 4.79 Å². The van der Waals surface area contributed by atoms with Crippen molar-refractivity contribution in [1.29, 1.82) is 0 Å². The molecule has 1 rings (SSSR count). The number of hydrogen-bond donors (Lipinski definition) is 3. The van der Waals surface area contributed by atoms with E-state index in [9.17, 15) is 34.5 Å². The molecular weight excluding hydrogens is 901 g/mol. The molecule has 1 saturated heterocycles. The summed E-state index contributed by atoms with van der Waals surface area (Å²) < 4.78 is 28.4. The largest absolute Gasteiger partial charge is 0.479 e. The van der Waals surface area contributed by atoms with E-state index >= 15 is 0 Å². The first-order valence-corrected chi connectivity index (χ1v) is 30.0. The number of unbranched alkanes of at least 4 members (excludes halogenated alkanes) is 38. The maximum atomic E-state index is 13.1. The molecule has 1 aliphatic heterocycles. The Kier molecular flexibility index (Phi) is 45.7. The second-order valence-electron chi connectivity index (χ2n) is 21.0. The van der Waals surface area contributed by atoms with Gasteiger partial charge in [0.2, 0.25) is 0 Å². The summed E-state index contributed by atoms with van der Waals surface area (Å²) in [6.07, 6.45) is 39.5. The van der Waals surface area contributed by atoms with Gasteiger partial charge in [-0.3, -0.25) is 14.4 Å². The zero-order chi connectivity index (χ0) is 51.8. The van der Waals surface area contributed by atoms with Crippen LogP contribution in [0, 0.1) is 0 Å². The molecule has 0 aromatic rings. The van der Waals surface area contributed by atoms with Gasteiger partial charge in [-0.05, 0) is 19.3 Å². The molecule has 1 fully saturated rings. The van der Waals surface area contributed by atoms with E-state index in [4.69, 9.17) is 23.7 Å². The molecule has 3 N–H and O–H groups in total. The summed E-state index contributed by atoms with van der Waals surface area (Å²) >= 11 is 0. The second-order valence-corrected chi connectivity index (χ2v) is 21.0. The highest BCUT2D eigenvalue weighted by Crippen LogP contribution is 2.27. The van der Waals surface area contributed by atoms with Gasteiger partial charge in [0.05, 0.1) is 6.61 Å². The van der Waals surface area contributed by atoms with E-state index in [0.717, 1.165) is 64.2 Å². The second kappa shape index (κ2) is 48.6. The number of carboxylic acid groups (broad SMARTS) is 1. The topological polar surface area (TPSA) is 175 Å². The highest BCUT2D eigenvalue weighted by molar-refractivity contribution is 5.74. The van der Waals surface area contributed by atoms with Crippen LogP contribution in [0.15, 0.2) is 0 Å². The third kappa shape index (κ3) is 38.9. The van der Waals surface area contributed by atoms with E-state index in [1.807, 2.05) is 0 Å². The molecule has 0 saturated carbocycles. The predicted molar refractivity (Wildman–Crippen MR) is 285 cm³/mol. The van der Waals surface area contributed by atoms with Crippen molar-refractivity contribution in [1.82, 2.24) is 0 Å². The van der Waals surface area contributed by atoms with Crippen LogP contribution in [0.2, 0.25) is 0 Å². The minimum atomic E-state index is -1.89. The molecule has 0 bridgehead atoms. The van der Waals surface area contributed by atoms with Crippen molar-refractivity contribution in [2.24, 2.45) is 0 Å². The van der Waals surface area contributed by atoms with Crippen LogP contribution < -0.4 is 0 Å². The lowest BCUT2D eigenvalue weighted by molar-refractivity contribution is -0.301. The molecule has 12 nitrogen and oxygen atoms in total. The van der Waals surface area contributed by atoms with Crippen molar-refractivity contribution in [2.45, 2.75) is 340 Å². The van der Waals surface area contributed by atoms with Crippen LogP contribution in [0.1, 0.15) is 303 Å². The molecule has 6 unspecified atom stereocenters. The third-order valence-electron chi connectivity index (χ3n) is 14.2. The van der Waals surface area contributed by atoms with Crippen molar-refractivity contribution in [2.75, 3.05) is 13.2 Å². The molecule has 12 heteroatoms. The average Bonchev–Trinajstić information content (AvgIpc) is 3.35. The number of carbonyl (C=O) groups is 4. The Labute approximate surface area is 433 Å². The minimum Gasteiger partial charge on any atom is -0.479 e. The van der Waals surface area contributed by atoms with Crippen molar-refractivity contribution in [3.63, 3.8) is 0 Å². The summed E-state index contributed by atoms with van der Waals surface area (Å²) in [6, 6.07) is 0. The van der Waals surface area contributed by atoms with E-state index in [1.165, 1.54) is 180 Å². The molecule has 418 valence electrons. The van der Waals surface area contributed by atoms with Crippen LogP contribution in [-0.4, -0.2) is 89.2 Å². The van der Waals surface area contributed by atoms with Gasteiger partial charge in [0.1, 0.15) is 18.8 Å². The number of carboxylic acids is 1. The third-order valence-corrected chi connectivity index (χ3v) is 14.2. The maximum absolute atomic E-state index is 13.1. The van der Waals surface area contributed by atoms with Crippen molar-refractivity contribution in [3.8, 4) is 0 Å². The standard InChI is InChI=1S/C59H110O12/c1-4-7-10-13-16-19-21-23-24-25-26-27-28-30-31-34-36-39-42-45-51(60)67-48-50(69-52(61)46-43-40-38-35-32-29-22-20-17-14-11-8-5-2)49-68-59-57(55(64)54(63)56(71-59)58(65)66)70-53(62)47-44-41-37-33-18-15-12-9-6-3/h50,54-57,59,63-64H,4-49H2,1-3H3,(H,65,66). The van der Waals surface area contributed by atoms with Crippen LogP contribution in [-0.2, 0) is 42.9 Å². The van der Waals surface area contributed by atoms with E-state index in [-0.39, 0.29) is 25.9 Å². The number of aliphatic hydroxyl groups is 2. The number of hydrogen-bond acceptors (Lipinski definition) is 11. The van der Waals surface area contributed by atoms with Crippen molar-refractivity contribution < 1.29 is 58.2 Å². The lowest BCUT2D eigenvalue weighted by Gasteiger charge is -2.40. The minimum absolute atomic E-state index is 0.0686. The van der Waals surface area contributed by atoms with E-state index < -0.39 is 67.3 Å². The summed E-state index contributed by atoms with van der Waals surface area (Å²) in [6.45, 7) is 6.00. The lowest BCUT2D eigenvalue weighted by atomic mass is 9.98. The van der Waals surface area contributed by atoms with Gasteiger partial charge in [-0.2, -0.15) is 0 Å². The zero-order valence-corrected chi connectivity index (χ0v) is 46.0. The molecule has 71 heavy (non-hydrogen) atoms. The normalized spacial score (nSPS) is 18.4. The molecule has 0 amide bonds. The Hall–Kier alpha value is -2.28. The van der Waals surface area contributed by atoms with Crippen LogP contribution in [0.3, 0.4) is 0 Å². The average molecular weight is 1010 g/mol. The quantitative estimate of drug-likeness (QED) is 0.0299. The fourth-order valence-electron chi connectivity index (χ4n) is 9.55. The number of aliphatic hydroxyl groups excluding tert-OH is 2. The number of aliphatic carboxylic acids is 1. The molecular formula is C59H110O12. The highest BCUT2D eigenvalue weighted by atomic mass is 16.7. The Morgan fingerprint density at radius 1 is 0.408 bits per heavy atom. The lowest BCUT2D eigenvalue weighted by Crippen LogP contribution is -2.61. The van der Waals surface area contributed by atoms with Crippen LogP contribution >= 0.6 is 0 Å². The number of ether oxygens (including phenoxy) is 5. The van der Waals surface area contributed by atoms with E-state index in [2.05, 4.69) is 20.8 Å². The fraction of sp³-hybridized carbons (Fsp3) is 0.932. The fourth-order valence-corrected chi connectivity index (χ4v) is 9.55. The molecule has 0 aromatic carbocycles. The Balaban J connectivity index is 2.61. The SMILES string of the molecule is CCCCCCCCCCCCCCCCCCCCCC(=O)OCC(COC1OC(C(=O)O)C(O)C(O)C1OC(=O)CCCCCCCCCCC)OC(=O)CCCCCCCCCCCCCCC. The van der Waals surface area contributed by atoms with Gasteiger partial charge in [-0.1, -0.05) is 265 Å². The summed E-state index contributed by atoms with van der Waals surface area (Å²) in [5, 5.41) is 31.4. The summed E-state index contributed by atoms with van der Waals surface area (Å²) in [5.41, 5.74) is 0. The highest BCUT2D eigenvalue weighted by Gasteiger charge is 2.50. The van der Waals surface area contributed by atoms with Crippen LogP contribution in [0.4, 0.5) is 0 Å². The van der Waals surface area contributed by atoms with Gasteiger partial charge in [0, 0.05) is 19.3 Å². The Bertz CT molecular complexity index is 1250. The Morgan fingerprint density at radius 2 is 0.718 bits per heavy atom. The van der Waals surface area contributed by atoms with Gasteiger partial charge >= 0.3 is 23.9 Å². The first kappa shape index (κ1) is 66.7. The monoisotopic (exact) mass is 1010 g/mol. The molecule has 0 aliphatic carbocycles. The van der Waals surface area contributed by atoms with E-state index in [1.54, 1.807) is 0 Å². The van der Waals surface area contributed by atoms with Crippen LogP contribution in [0.25, 0.3) is 0 Å². The molecule has 1 heterocycles. The smallest absolute Gasteiger partial charge is 0.335 e. The predicted octanol–water partition coefficient (Wildman–Crippen LogP) is 15.1. The van der Waals surface area contributed by atoms with Crippen molar-refractivity contribution in [3.05, 3.63) is 0 Å².